The van der Waals surface area contributed by atoms with E-state index in [-0.39, 0.29) is 0 Å². The molecule has 62 valence electrons. The van der Waals surface area contributed by atoms with Crippen LogP contribution in [0.3, 0.4) is 0 Å². The van der Waals surface area contributed by atoms with E-state index in [2.05, 4.69) is 23.9 Å². The van der Waals surface area contributed by atoms with Crippen molar-refractivity contribution in [2.24, 2.45) is 5.92 Å². The number of terminal acetylenes is 1. The Morgan fingerprint density at radius 1 is 1.82 bits per heavy atom. The van der Waals surface area contributed by atoms with Gasteiger partial charge < -0.3 is 0 Å². The molecule has 0 radical (unpaired) electrons. The van der Waals surface area contributed by atoms with Crippen molar-refractivity contribution in [2.75, 3.05) is 26.0 Å². The molecule has 1 rings (SSSR count). The molecule has 2 unspecified atom stereocenters. The van der Waals surface area contributed by atoms with Crippen LogP contribution in [-0.4, -0.2) is 30.7 Å². The summed E-state index contributed by atoms with van der Waals surface area (Å²) < 4.78 is 2.28. The van der Waals surface area contributed by atoms with Gasteiger partial charge in [-0.3, -0.25) is 4.67 Å². The molecule has 1 heterocycles. The molecular formula is C7H12NPS2. The van der Waals surface area contributed by atoms with E-state index in [1.807, 2.05) is 11.4 Å². The number of hydrogen-bond acceptors (Lipinski definition) is 2. The Labute approximate surface area is 77.7 Å². The van der Waals surface area contributed by atoms with Crippen molar-refractivity contribution in [2.45, 2.75) is 0 Å². The Morgan fingerprint density at radius 2 is 2.45 bits per heavy atom. The van der Waals surface area contributed by atoms with E-state index in [0.717, 1.165) is 12.7 Å². The summed E-state index contributed by atoms with van der Waals surface area (Å²) in [5, 5.41) is -1.27. The topological polar surface area (TPSA) is 3.24 Å². The van der Waals surface area contributed by atoms with Gasteiger partial charge in [-0.05, 0) is 13.3 Å². The number of rotatable bonds is 1. The molecule has 1 aliphatic heterocycles. The minimum Gasteiger partial charge on any atom is -0.269 e. The Morgan fingerprint density at radius 3 is 2.73 bits per heavy atom. The van der Waals surface area contributed by atoms with Crippen molar-refractivity contribution >= 4 is 28.6 Å². The second-order valence-electron chi connectivity index (χ2n) is 2.71. The largest absolute Gasteiger partial charge is 0.269 e. The zero-order valence-electron chi connectivity index (χ0n) is 6.78. The summed E-state index contributed by atoms with van der Waals surface area (Å²) in [5.74, 6) is 3.19. The molecule has 0 aromatic rings. The third kappa shape index (κ3) is 1.81. The highest BCUT2D eigenvalue weighted by Gasteiger charge is 2.33. The van der Waals surface area contributed by atoms with Gasteiger partial charge in [0.05, 0.1) is 5.39 Å². The average molecular weight is 205 g/mol. The van der Waals surface area contributed by atoms with E-state index in [9.17, 15) is 0 Å². The molecule has 0 aromatic heterocycles. The van der Waals surface area contributed by atoms with Crippen LogP contribution >= 0.6 is 16.8 Å². The number of hydrogen-bond donors (Lipinski definition) is 0. The Balaban J connectivity index is 2.75. The summed E-state index contributed by atoms with van der Waals surface area (Å²) in [4.78, 5) is 0. The van der Waals surface area contributed by atoms with E-state index in [0.29, 0.717) is 5.92 Å². The fourth-order valence-corrected chi connectivity index (χ4v) is 5.93. The highest BCUT2D eigenvalue weighted by Crippen LogP contribution is 2.64. The van der Waals surface area contributed by atoms with Gasteiger partial charge in [0.25, 0.3) is 0 Å². The van der Waals surface area contributed by atoms with Crippen molar-refractivity contribution < 1.29 is 0 Å². The second kappa shape index (κ2) is 3.49. The van der Waals surface area contributed by atoms with Gasteiger partial charge >= 0.3 is 0 Å². The first kappa shape index (κ1) is 9.61. The minimum atomic E-state index is -1.27. The molecule has 0 aromatic carbocycles. The number of nitrogens with zero attached hydrogens (tertiary/aromatic N) is 1. The molecule has 0 bridgehead atoms. The Kier molecular flexibility index (Phi) is 3.05. The van der Waals surface area contributed by atoms with Crippen molar-refractivity contribution in [3.63, 3.8) is 0 Å². The van der Waals surface area contributed by atoms with Gasteiger partial charge in [0, 0.05) is 18.6 Å². The molecule has 2 atom stereocenters. The standard InChI is InChI=1S/C7H12NPS2/c1-4-7-5-8(2)9(10,6-7)11-3/h1,7H,5-6H2,2-3H3. The van der Waals surface area contributed by atoms with Crippen molar-refractivity contribution in [3.05, 3.63) is 0 Å². The monoisotopic (exact) mass is 205 g/mol. The van der Waals surface area contributed by atoms with Crippen LogP contribution in [0.5, 0.6) is 0 Å². The summed E-state index contributed by atoms with van der Waals surface area (Å²) in [7, 11) is 2.09. The molecule has 0 N–H and O–H groups in total. The molecule has 1 saturated heterocycles. The molecule has 1 nitrogen and oxygen atoms in total. The van der Waals surface area contributed by atoms with Crippen LogP contribution < -0.4 is 0 Å². The van der Waals surface area contributed by atoms with Crippen LogP contribution in [0.2, 0.25) is 0 Å². The summed E-state index contributed by atoms with van der Waals surface area (Å²) in [6, 6.07) is 0. The first-order valence-corrected chi connectivity index (χ1v) is 8.22. The first-order chi connectivity index (χ1) is 5.12. The highest BCUT2D eigenvalue weighted by atomic mass is 32.9. The second-order valence-corrected chi connectivity index (χ2v) is 10.8. The van der Waals surface area contributed by atoms with Gasteiger partial charge in [-0.15, -0.1) is 23.7 Å². The molecule has 1 fully saturated rings. The molecule has 0 spiro atoms. The van der Waals surface area contributed by atoms with Crippen molar-refractivity contribution in [1.82, 2.24) is 4.67 Å². The third-order valence-electron chi connectivity index (χ3n) is 1.98. The van der Waals surface area contributed by atoms with Gasteiger partial charge in [0.15, 0.2) is 0 Å². The fraction of sp³-hybridized carbons (Fsp3) is 0.714. The van der Waals surface area contributed by atoms with Gasteiger partial charge in [-0.1, -0.05) is 11.8 Å². The lowest BCUT2D eigenvalue weighted by Gasteiger charge is -2.20. The van der Waals surface area contributed by atoms with E-state index in [1.54, 1.807) is 0 Å². The lowest BCUT2D eigenvalue weighted by atomic mass is 10.2. The zero-order chi connectivity index (χ0) is 8.48. The molecule has 0 amide bonds. The zero-order valence-corrected chi connectivity index (χ0v) is 9.31. The fourth-order valence-electron chi connectivity index (χ4n) is 1.24. The van der Waals surface area contributed by atoms with E-state index in [4.69, 9.17) is 18.2 Å². The quantitative estimate of drug-likeness (QED) is 0.475. The summed E-state index contributed by atoms with van der Waals surface area (Å²) in [5.41, 5.74) is 0. The van der Waals surface area contributed by atoms with Crippen LogP contribution in [-0.2, 0) is 11.8 Å². The summed E-state index contributed by atoms with van der Waals surface area (Å²) in [6.07, 6.45) is 8.50. The van der Waals surface area contributed by atoms with Crippen LogP contribution in [0.1, 0.15) is 0 Å². The summed E-state index contributed by atoms with van der Waals surface area (Å²) >= 11 is 7.36. The smallest absolute Gasteiger partial charge is 0.0677 e. The molecule has 0 saturated carbocycles. The predicted octanol–water partition coefficient (Wildman–Crippen LogP) is 1.85. The molecule has 4 heteroatoms. The lowest BCUT2D eigenvalue weighted by molar-refractivity contribution is 0.543. The van der Waals surface area contributed by atoms with Crippen LogP contribution in [0.15, 0.2) is 0 Å². The Hall–Kier alpha value is 0.520. The normalized spacial score (nSPS) is 38.8. The minimum absolute atomic E-state index is 0.401. The van der Waals surface area contributed by atoms with E-state index >= 15 is 0 Å². The first-order valence-electron chi connectivity index (χ1n) is 3.45. The van der Waals surface area contributed by atoms with Crippen molar-refractivity contribution in [3.8, 4) is 12.3 Å². The molecule has 1 aliphatic rings. The van der Waals surface area contributed by atoms with Gasteiger partial charge in [0.2, 0.25) is 0 Å². The van der Waals surface area contributed by atoms with Gasteiger partial charge in [0.1, 0.15) is 0 Å². The SMILES string of the molecule is C#CC1CN(C)P(=S)(SC)C1. The maximum Gasteiger partial charge on any atom is 0.0677 e. The van der Waals surface area contributed by atoms with Crippen LogP contribution in [0.4, 0.5) is 0 Å². The van der Waals surface area contributed by atoms with Crippen molar-refractivity contribution in [1.29, 1.82) is 0 Å². The van der Waals surface area contributed by atoms with Crippen LogP contribution in [0, 0.1) is 18.3 Å². The van der Waals surface area contributed by atoms with Crippen LogP contribution in [0.25, 0.3) is 0 Å². The van der Waals surface area contributed by atoms with Gasteiger partial charge in [-0.25, -0.2) is 0 Å². The average Bonchev–Trinajstić information content (AvgIpc) is 2.29. The molecule has 11 heavy (non-hydrogen) atoms. The maximum atomic E-state index is 5.54. The maximum absolute atomic E-state index is 5.54. The lowest BCUT2D eigenvalue weighted by Crippen LogP contribution is -2.09. The summed E-state index contributed by atoms with van der Waals surface area (Å²) in [6.45, 7) is 0.995. The third-order valence-corrected chi connectivity index (χ3v) is 10.3. The molecular weight excluding hydrogens is 193 g/mol. The highest BCUT2D eigenvalue weighted by molar-refractivity contribution is 8.70. The Bertz CT molecular complexity index is 233. The van der Waals surface area contributed by atoms with Gasteiger partial charge in [-0.2, -0.15) is 0 Å². The predicted molar refractivity (Wildman–Crippen MR) is 57.6 cm³/mol. The van der Waals surface area contributed by atoms with E-state index < -0.39 is 5.39 Å². The van der Waals surface area contributed by atoms with E-state index in [1.165, 1.54) is 0 Å². The molecule has 0 aliphatic carbocycles.